The Morgan fingerprint density at radius 2 is 2.33 bits per heavy atom. The third-order valence-corrected chi connectivity index (χ3v) is 1.91. The minimum Gasteiger partial charge on any atom is -0.363 e. The highest BCUT2D eigenvalue weighted by atomic mass is 16.6. The average molecular weight is 250 g/mol. The van der Waals surface area contributed by atoms with E-state index in [1.54, 1.807) is 6.07 Å². The molecule has 0 aliphatic carbocycles. The lowest BCUT2D eigenvalue weighted by Gasteiger charge is -2.06. The molecule has 1 heterocycles. The highest BCUT2D eigenvalue weighted by Crippen LogP contribution is 2.21. The fourth-order valence-corrected chi connectivity index (χ4v) is 1.16. The summed E-state index contributed by atoms with van der Waals surface area (Å²) in [4.78, 5) is 24.3. The topological polar surface area (TPSA) is 147 Å². The van der Waals surface area contributed by atoms with Gasteiger partial charge in [0, 0.05) is 25.4 Å². The van der Waals surface area contributed by atoms with Crippen LogP contribution in [0.3, 0.4) is 0 Å². The highest BCUT2D eigenvalue weighted by molar-refractivity contribution is 5.71. The summed E-state index contributed by atoms with van der Waals surface area (Å²) in [6.45, 7) is 0.427. The molecule has 9 heteroatoms. The van der Waals surface area contributed by atoms with Crippen molar-refractivity contribution in [2.45, 2.75) is 0 Å². The number of primary amides is 1. The molecule has 0 spiro atoms. The number of nitro groups is 1. The molecule has 0 saturated heterocycles. The molecule has 0 atom stereocenters. The molecule has 0 aliphatic heterocycles. The van der Waals surface area contributed by atoms with E-state index < -0.39 is 11.0 Å². The second-order valence-corrected chi connectivity index (χ2v) is 3.18. The Morgan fingerprint density at radius 3 is 2.89 bits per heavy atom. The van der Waals surface area contributed by atoms with Crippen LogP contribution in [0.4, 0.5) is 16.3 Å². The van der Waals surface area contributed by atoms with E-state index in [-0.39, 0.29) is 30.2 Å². The minimum absolute atomic E-state index is 0.0327. The van der Waals surface area contributed by atoms with E-state index in [4.69, 9.17) is 11.0 Å². The molecule has 94 valence electrons. The molecule has 0 aliphatic rings. The molecule has 9 nitrogen and oxygen atoms in total. The number of aromatic nitrogens is 1. The zero-order chi connectivity index (χ0) is 13.5. The summed E-state index contributed by atoms with van der Waals surface area (Å²) in [6, 6.07) is 2.20. The smallest absolute Gasteiger partial charge is 0.312 e. The monoisotopic (exact) mass is 250 g/mol. The minimum atomic E-state index is -0.681. The first kappa shape index (κ1) is 13.2. The van der Waals surface area contributed by atoms with Gasteiger partial charge in [-0.25, -0.2) is 9.78 Å². The number of hydrogen-bond donors (Lipinski definition) is 3. The number of urea groups is 1. The summed E-state index contributed by atoms with van der Waals surface area (Å²) in [7, 11) is 0. The van der Waals surface area contributed by atoms with Gasteiger partial charge in [-0.3, -0.25) is 10.1 Å². The molecular formula is C9H10N6O3. The Bertz CT molecular complexity index is 510. The fourth-order valence-electron chi connectivity index (χ4n) is 1.16. The number of hydrogen-bond acceptors (Lipinski definition) is 6. The van der Waals surface area contributed by atoms with Gasteiger partial charge in [-0.15, -0.1) is 0 Å². The molecule has 0 saturated carbocycles. The van der Waals surface area contributed by atoms with E-state index >= 15 is 0 Å². The second-order valence-electron chi connectivity index (χ2n) is 3.18. The van der Waals surface area contributed by atoms with Crippen molar-refractivity contribution in [3.8, 4) is 6.07 Å². The van der Waals surface area contributed by atoms with E-state index in [1.807, 2.05) is 0 Å². The van der Waals surface area contributed by atoms with Crippen LogP contribution < -0.4 is 16.4 Å². The van der Waals surface area contributed by atoms with Gasteiger partial charge >= 0.3 is 11.7 Å². The number of carbonyl (C=O) groups excluding carboxylic acids is 1. The number of rotatable bonds is 5. The number of nitrogens with one attached hydrogen (secondary N) is 2. The number of nitrogens with zero attached hydrogens (tertiary/aromatic N) is 3. The van der Waals surface area contributed by atoms with Crippen molar-refractivity contribution in [1.82, 2.24) is 10.3 Å². The normalized spacial score (nSPS) is 9.28. The largest absolute Gasteiger partial charge is 0.363 e. The van der Waals surface area contributed by atoms with E-state index in [1.165, 1.54) is 6.20 Å². The van der Waals surface area contributed by atoms with E-state index in [9.17, 15) is 14.9 Å². The van der Waals surface area contributed by atoms with Gasteiger partial charge < -0.3 is 16.4 Å². The van der Waals surface area contributed by atoms with Crippen molar-refractivity contribution in [2.24, 2.45) is 5.73 Å². The van der Waals surface area contributed by atoms with Gasteiger partial charge in [0.25, 0.3) is 0 Å². The van der Waals surface area contributed by atoms with Crippen LogP contribution >= 0.6 is 0 Å². The van der Waals surface area contributed by atoms with E-state index in [0.717, 1.165) is 6.07 Å². The van der Waals surface area contributed by atoms with Crippen LogP contribution in [0.2, 0.25) is 0 Å². The quantitative estimate of drug-likeness (QED) is 0.379. The number of amides is 2. The lowest BCUT2D eigenvalue weighted by molar-refractivity contribution is -0.384. The zero-order valence-electron chi connectivity index (χ0n) is 9.21. The number of anilines is 1. The Hall–Kier alpha value is -2.89. The Kier molecular flexibility index (Phi) is 4.39. The number of nitrogens with two attached hydrogens (primary N) is 1. The summed E-state index contributed by atoms with van der Waals surface area (Å²) >= 11 is 0. The maximum absolute atomic E-state index is 10.8. The summed E-state index contributed by atoms with van der Waals surface area (Å²) < 4.78 is 0. The van der Waals surface area contributed by atoms with Crippen LogP contribution in [-0.4, -0.2) is 29.0 Å². The van der Waals surface area contributed by atoms with Crippen LogP contribution in [0.1, 0.15) is 5.56 Å². The van der Waals surface area contributed by atoms with Crippen molar-refractivity contribution in [1.29, 1.82) is 5.26 Å². The van der Waals surface area contributed by atoms with Crippen LogP contribution in [0.5, 0.6) is 0 Å². The summed E-state index contributed by atoms with van der Waals surface area (Å²) in [5.74, 6) is 0.0327. The molecule has 1 aromatic rings. The first-order valence-electron chi connectivity index (χ1n) is 4.86. The van der Waals surface area contributed by atoms with Crippen molar-refractivity contribution in [3.63, 3.8) is 0 Å². The SMILES string of the molecule is N#Cc1cnc(NCCNC(N)=O)c([N+](=O)[O-])c1. The maximum atomic E-state index is 10.8. The van der Waals surface area contributed by atoms with Gasteiger partial charge in [-0.1, -0.05) is 0 Å². The standard InChI is InChI=1S/C9H10N6O3/c10-4-6-3-7(15(17)18)8(14-5-6)12-1-2-13-9(11)16/h3,5H,1-2H2,(H,12,14)(H3,11,13,16). The van der Waals surface area contributed by atoms with Crippen molar-refractivity contribution in [2.75, 3.05) is 18.4 Å². The van der Waals surface area contributed by atoms with Gasteiger partial charge in [0.05, 0.1) is 10.5 Å². The second kappa shape index (κ2) is 6.00. The van der Waals surface area contributed by atoms with Gasteiger partial charge in [-0.05, 0) is 0 Å². The molecule has 0 bridgehead atoms. The Balaban J connectivity index is 2.73. The van der Waals surface area contributed by atoms with Gasteiger partial charge in [-0.2, -0.15) is 5.26 Å². The molecule has 4 N–H and O–H groups in total. The van der Waals surface area contributed by atoms with Gasteiger partial charge in [0.1, 0.15) is 6.07 Å². The Morgan fingerprint density at radius 1 is 1.61 bits per heavy atom. The molecule has 0 radical (unpaired) electrons. The van der Waals surface area contributed by atoms with Gasteiger partial charge in [0.15, 0.2) is 0 Å². The molecule has 18 heavy (non-hydrogen) atoms. The molecule has 0 aromatic carbocycles. The van der Waals surface area contributed by atoms with E-state index in [0.29, 0.717) is 0 Å². The van der Waals surface area contributed by atoms with Crippen molar-refractivity contribution >= 4 is 17.5 Å². The van der Waals surface area contributed by atoms with E-state index in [2.05, 4.69) is 15.6 Å². The summed E-state index contributed by atoms with van der Waals surface area (Å²) in [6.07, 6.45) is 1.22. The average Bonchev–Trinajstić information content (AvgIpc) is 2.34. The fraction of sp³-hybridized carbons (Fsp3) is 0.222. The number of carbonyl (C=O) groups is 1. The lowest BCUT2D eigenvalue weighted by Crippen LogP contribution is -2.33. The molecular weight excluding hydrogens is 240 g/mol. The number of nitriles is 1. The van der Waals surface area contributed by atoms with Crippen molar-refractivity contribution < 1.29 is 9.72 Å². The first-order chi connectivity index (χ1) is 8.54. The zero-order valence-corrected chi connectivity index (χ0v) is 9.21. The molecule has 1 aromatic heterocycles. The predicted octanol–water partition coefficient (Wildman–Crippen LogP) is -0.0583. The van der Waals surface area contributed by atoms with Gasteiger partial charge in [0.2, 0.25) is 5.82 Å². The molecule has 0 unspecified atom stereocenters. The van der Waals surface area contributed by atoms with Crippen molar-refractivity contribution in [3.05, 3.63) is 27.9 Å². The molecule has 0 fully saturated rings. The summed E-state index contributed by atoms with van der Waals surface area (Å²) in [5.41, 5.74) is 4.65. The first-order valence-corrected chi connectivity index (χ1v) is 4.86. The third-order valence-electron chi connectivity index (χ3n) is 1.91. The van der Waals surface area contributed by atoms with Crippen LogP contribution in [-0.2, 0) is 0 Å². The number of pyridine rings is 1. The maximum Gasteiger partial charge on any atom is 0.312 e. The molecule has 2 amide bonds. The Labute approximate surface area is 102 Å². The lowest BCUT2D eigenvalue weighted by atomic mass is 10.3. The predicted molar refractivity (Wildman–Crippen MR) is 61.7 cm³/mol. The van der Waals surface area contributed by atoms with Crippen LogP contribution in [0.25, 0.3) is 0 Å². The molecule has 1 rings (SSSR count). The highest BCUT2D eigenvalue weighted by Gasteiger charge is 2.15. The van der Waals surface area contributed by atoms with Crippen LogP contribution in [0.15, 0.2) is 12.3 Å². The third kappa shape index (κ3) is 3.60. The summed E-state index contributed by atoms with van der Waals surface area (Å²) in [5, 5.41) is 24.4. The van der Waals surface area contributed by atoms with Crippen LogP contribution in [0, 0.1) is 21.4 Å².